The van der Waals surface area contributed by atoms with Gasteiger partial charge in [-0.1, -0.05) is 6.92 Å². The molecule has 0 aromatic carbocycles. The zero-order valence-electron chi connectivity index (χ0n) is 10.9. The predicted octanol–water partition coefficient (Wildman–Crippen LogP) is 1.15. The van der Waals surface area contributed by atoms with Crippen molar-refractivity contribution in [2.75, 3.05) is 7.05 Å². The zero-order chi connectivity index (χ0) is 13.9. The summed E-state index contributed by atoms with van der Waals surface area (Å²) in [7, 11) is 1.65. The number of nitrogens with one attached hydrogen (secondary N) is 1. The molecule has 0 aromatic rings. The average Bonchev–Trinajstić information content (AvgIpc) is 2.27. The van der Waals surface area contributed by atoms with Crippen LogP contribution in [0.1, 0.15) is 27.2 Å². The molecule has 1 heterocycles. The molecule has 1 aliphatic rings. The first-order chi connectivity index (χ1) is 8.33. The Kier molecular flexibility index (Phi) is 4.00. The Labute approximate surface area is 105 Å². The van der Waals surface area contributed by atoms with Gasteiger partial charge in [0.05, 0.1) is 0 Å². The molecule has 0 amide bonds. The molecule has 1 aliphatic heterocycles. The summed E-state index contributed by atoms with van der Waals surface area (Å²) in [6.07, 6.45) is 1.59. The molecule has 0 spiro atoms. The third-order valence-corrected chi connectivity index (χ3v) is 2.67. The van der Waals surface area contributed by atoms with E-state index in [-0.39, 0.29) is 0 Å². The van der Waals surface area contributed by atoms with E-state index in [1.165, 1.54) is 13.0 Å². The van der Waals surface area contributed by atoms with Crippen LogP contribution >= 0.6 is 0 Å². The average molecular weight is 255 g/mol. The maximum absolute atomic E-state index is 11.7. The molecule has 2 N–H and O–H groups in total. The molecule has 0 bridgehead atoms. The number of aliphatic hydroxyl groups is 1. The number of ether oxygens (including phenoxy) is 2. The van der Waals surface area contributed by atoms with E-state index < -0.39 is 29.1 Å². The molecular weight excluding hydrogens is 238 g/mol. The van der Waals surface area contributed by atoms with Crippen LogP contribution in [0.2, 0.25) is 0 Å². The van der Waals surface area contributed by atoms with Crippen LogP contribution in [0.4, 0.5) is 0 Å². The van der Waals surface area contributed by atoms with Crippen LogP contribution < -0.4 is 5.32 Å². The standard InChI is InChI=1S/C12H17NO5/c1-5-12(3)17-10(15)9(11(16)18-12)8(14)6-7(2)13-4/h6,13-14H,5H2,1-4H3/b7-6-,9-8?. The lowest BCUT2D eigenvalue weighted by Crippen LogP contribution is -2.44. The molecule has 0 unspecified atom stereocenters. The molecule has 100 valence electrons. The highest BCUT2D eigenvalue weighted by atomic mass is 16.7. The number of hydrogen-bond acceptors (Lipinski definition) is 6. The molecular formula is C12H17NO5. The summed E-state index contributed by atoms with van der Waals surface area (Å²) >= 11 is 0. The number of carbonyl (C=O) groups excluding carboxylic acids is 2. The second-order valence-corrected chi connectivity index (χ2v) is 4.10. The fourth-order valence-corrected chi connectivity index (χ4v) is 1.30. The first-order valence-corrected chi connectivity index (χ1v) is 5.59. The minimum Gasteiger partial charge on any atom is -0.507 e. The van der Waals surface area contributed by atoms with Crippen molar-refractivity contribution in [3.8, 4) is 0 Å². The maximum atomic E-state index is 11.7. The molecule has 0 atom stereocenters. The number of cyclic esters (lactones) is 2. The number of rotatable bonds is 3. The van der Waals surface area contributed by atoms with Gasteiger partial charge in [0.1, 0.15) is 5.76 Å². The van der Waals surface area contributed by atoms with Crippen LogP contribution in [0.3, 0.4) is 0 Å². The maximum Gasteiger partial charge on any atom is 0.352 e. The molecule has 6 nitrogen and oxygen atoms in total. The van der Waals surface area contributed by atoms with Crippen molar-refractivity contribution in [3.05, 3.63) is 23.1 Å². The minimum absolute atomic E-state index is 0.337. The van der Waals surface area contributed by atoms with E-state index in [9.17, 15) is 14.7 Å². The summed E-state index contributed by atoms with van der Waals surface area (Å²) in [5, 5.41) is 12.5. The van der Waals surface area contributed by atoms with Gasteiger partial charge in [-0.15, -0.1) is 0 Å². The lowest BCUT2D eigenvalue weighted by Gasteiger charge is -2.32. The summed E-state index contributed by atoms with van der Waals surface area (Å²) in [6.45, 7) is 4.89. The second-order valence-electron chi connectivity index (χ2n) is 4.10. The molecule has 1 fully saturated rings. The molecule has 1 rings (SSSR count). The second kappa shape index (κ2) is 5.12. The van der Waals surface area contributed by atoms with E-state index in [1.807, 2.05) is 0 Å². The lowest BCUT2D eigenvalue weighted by atomic mass is 10.1. The zero-order valence-corrected chi connectivity index (χ0v) is 10.9. The first-order valence-electron chi connectivity index (χ1n) is 5.59. The van der Waals surface area contributed by atoms with Crippen LogP contribution in [0.25, 0.3) is 0 Å². The number of carbonyl (C=O) groups is 2. The van der Waals surface area contributed by atoms with Gasteiger partial charge in [0, 0.05) is 26.1 Å². The minimum atomic E-state index is -1.26. The van der Waals surface area contributed by atoms with Crippen molar-refractivity contribution in [2.45, 2.75) is 33.0 Å². The van der Waals surface area contributed by atoms with Gasteiger partial charge in [0.25, 0.3) is 5.79 Å². The number of hydrogen-bond donors (Lipinski definition) is 2. The van der Waals surface area contributed by atoms with Crippen molar-refractivity contribution in [1.82, 2.24) is 5.32 Å². The number of esters is 2. The monoisotopic (exact) mass is 255 g/mol. The molecule has 0 saturated carbocycles. The Morgan fingerprint density at radius 2 is 1.89 bits per heavy atom. The summed E-state index contributed by atoms with van der Waals surface area (Å²) in [4.78, 5) is 23.4. The molecule has 1 saturated heterocycles. The van der Waals surface area contributed by atoms with E-state index in [0.717, 1.165) is 0 Å². The van der Waals surface area contributed by atoms with Crippen LogP contribution in [0.5, 0.6) is 0 Å². The van der Waals surface area contributed by atoms with Gasteiger partial charge >= 0.3 is 11.9 Å². The highest BCUT2D eigenvalue weighted by molar-refractivity contribution is 6.16. The fraction of sp³-hybridized carbons (Fsp3) is 0.500. The van der Waals surface area contributed by atoms with Gasteiger partial charge < -0.3 is 19.9 Å². The predicted molar refractivity (Wildman–Crippen MR) is 63.4 cm³/mol. The summed E-state index contributed by atoms with van der Waals surface area (Å²) in [6, 6.07) is 0. The Hall–Kier alpha value is -1.98. The van der Waals surface area contributed by atoms with E-state index in [4.69, 9.17) is 9.47 Å². The van der Waals surface area contributed by atoms with Gasteiger partial charge in [0.15, 0.2) is 5.57 Å². The topological polar surface area (TPSA) is 84.9 Å². The number of allylic oxidation sites excluding steroid dienone is 2. The molecule has 0 radical (unpaired) electrons. The Morgan fingerprint density at radius 3 is 2.28 bits per heavy atom. The smallest absolute Gasteiger partial charge is 0.352 e. The van der Waals surface area contributed by atoms with Gasteiger partial charge in [-0.3, -0.25) is 0 Å². The third kappa shape index (κ3) is 2.82. The van der Waals surface area contributed by atoms with Gasteiger partial charge in [-0.05, 0) is 13.0 Å². The normalized spacial score (nSPS) is 24.4. The Bertz CT molecular complexity index is 416. The van der Waals surface area contributed by atoms with Gasteiger partial charge in [0.2, 0.25) is 0 Å². The SMILES string of the molecule is CCC1(C)OC(=O)C(=C(O)/C=C(/C)NC)C(=O)O1. The quantitative estimate of drug-likeness (QED) is 0.340. The fourth-order valence-electron chi connectivity index (χ4n) is 1.30. The van der Waals surface area contributed by atoms with Crippen molar-refractivity contribution in [1.29, 1.82) is 0 Å². The van der Waals surface area contributed by atoms with Crippen molar-refractivity contribution < 1.29 is 24.2 Å². The van der Waals surface area contributed by atoms with E-state index in [0.29, 0.717) is 12.1 Å². The Balaban J connectivity index is 3.10. The van der Waals surface area contributed by atoms with Crippen molar-refractivity contribution >= 4 is 11.9 Å². The van der Waals surface area contributed by atoms with E-state index in [2.05, 4.69) is 5.32 Å². The first kappa shape index (κ1) is 14.1. The van der Waals surface area contributed by atoms with Gasteiger partial charge in [-0.2, -0.15) is 0 Å². The third-order valence-electron chi connectivity index (χ3n) is 2.67. The van der Waals surface area contributed by atoms with E-state index >= 15 is 0 Å². The van der Waals surface area contributed by atoms with Crippen molar-refractivity contribution in [2.24, 2.45) is 0 Å². The van der Waals surface area contributed by atoms with Crippen LogP contribution in [-0.4, -0.2) is 29.9 Å². The Morgan fingerprint density at radius 1 is 1.39 bits per heavy atom. The van der Waals surface area contributed by atoms with Crippen LogP contribution in [0.15, 0.2) is 23.1 Å². The highest BCUT2D eigenvalue weighted by Crippen LogP contribution is 2.27. The molecule has 0 aliphatic carbocycles. The molecule has 6 heteroatoms. The van der Waals surface area contributed by atoms with Crippen molar-refractivity contribution in [3.63, 3.8) is 0 Å². The van der Waals surface area contributed by atoms with Crippen LogP contribution in [-0.2, 0) is 19.1 Å². The molecule has 18 heavy (non-hydrogen) atoms. The van der Waals surface area contributed by atoms with Crippen LogP contribution in [0, 0.1) is 0 Å². The number of aliphatic hydroxyl groups excluding tert-OH is 1. The summed E-state index contributed by atoms with van der Waals surface area (Å²) in [5.74, 6) is -3.50. The summed E-state index contributed by atoms with van der Waals surface area (Å²) in [5.41, 5.74) is 0.0972. The summed E-state index contributed by atoms with van der Waals surface area (Å²) < 4.78 is 9.99. The largest absolute Gasteiger partial charge is 0.507 e. The lowest BCUT2D eigenvalue weighted by molar-refractivity contribution is -0.229. The highest BCUT2D eigenvalue weighted by Gasteiger charge is 2.42. The molecule has 0 aromatic heterocycles. The van der Waals surface area contributed by atoms with E-state index in [1.54, 1.807) is 20.9 Å². The van der Waals surface area contributed by atoms with Gasteiger partial charge in [-0.25, -0.2) is 9.59 Å².